The lowest BCUT2D eigenvalue weighted by atomic mass is 10.0. The van der Waals surface area contributed by atoms with E-state index in [9.17, 15) is 14.4 Å². The van der Waals surface area contributed by atoms with E-state index < -0.39 is 23.9 Å². The van der Waals surface area contributed by atoms with Gasteiger partial charge in [-0.2, -0.15) is 0 Å². The second-order valence-corrected chi connectivity index (χ2v) is 7.67. The standard InChI is InChI=1S/C23H27N3O6/c1-30-19-9-15(7-8-18(19)31-14-22(25)28)11-26-12-17(10-21(24)27)20(13-26)32-23(29)16-5-3-2-4-6-16/h2-9,17,20H,10-14H2,1H3,(H2,24,27)(H2,25,28)/t17-,20+/m0/s1. The van der Waals surface area contributed by atoms with Crippen LogP contribution in [-0.4, -0.2) is 55.6 Å². The fraction of sp³-hybridized carbons (Fsp3) is 0.348. The summed E-state index contributed by atoms with van der Waals surface area (Å²) in [5.74, 6) is -0.744. The van der Waals surface area contributed by atoms with Crippen LogP contribution >= 0.6 is 0 Å². The van der Waals surface area contributed by atoms with Crippen LogP contribution in [0.15, 0.2) is 48.5 Å². The summed E-state index contributed by atoms with van der Waals surface area (Å²) in [4.78, 5) is 37.1. The summed E-state index contributed by atoms with van der Waals surface area (Å²) < 4.78 is 16.4. The number of benzene rings is 2. The van der Waals surface area contributed by atoms with Crippen LogP contribution in [0.3, 0.4) is 0 Å². The molecule has 2 atom stereocenters. The summed E-state index contributed by atoms with van der Waals surface area (Å²) in [6.45, 7) is 1.32. The van der Waals surface area contributed by atoms with Crippen molar-refractivity contribution in [2.24, 2.45) is 17.4 Å². The quantitative estimate of drug-likeness (QED) is 0.527. The number of esters is 1. The van der Waals surface area contributed by atoms with Crippen molar-refractivity contribution in [3.05, 3.63) is 59.7 Å². The third-order valence-corrected chi connectivity index (χ3v) is 5.19. The smallest absolute Gasteiger partial charge is 0.338 e. The molecule has 1 fully saturated rings. The zero-order valence-corrected chi connectivity index (χ0v) is 17.9. The molecular formula is C23H27N3O6. The molecule has 1 heterocycles. The van der Waals surface area contributed by atoms with Crippen molar-refractivity contribution >= 4 is 17.8 Å². The van der Waals surface area contributed by atoms with Gasteiger partial charge in [-0.25, -0.2) is 4.79 Å². The van der Waals surface area contributed by atoms with Crippen molar-refractivity contribution in [1.82, 2.24) is 4.90 Å². The summed E-state index contributed by atoms with van der Waals surface area (Å²) in [5.41, 5.74) is 11.9. The van der Waals surface area contributed by atoms with Crippen molar-refractivity contribution in [2.45, 2.75) is 19.1 Å². The van der Waals surface area contributed by atoms with Gasteiger partial charge in [0, 0.05) is 32.0 Å². The average molecular weight is 441 g/mol. The summed E-state index contributed by atoms with van der Waals surface area (Å²) >= 11 is 0. The van der Waals surface area contributed by atoms with E-state index in [1.54, 1.807) is 30.3 Å². The van der Waals surface area contributed by atoms with Gasteiger partial charge in [0.1, 0.15) is 6.10 Å². The van der Waals surface area contributed by atoms with E-state index in [0.29, 0.717) is 36.7 Å². The molecule has 2 aromatic rings. The molecule has 0 saturated carbocycles. The highest BCUT2D eigenvalue weighted by molar-refractivity contribution is 5.89. The molecule has 3 rings (SSSR count). The van der Waals surface area contributed by atoms with Crippen LogP contribution in [0.2, 0.25) is 0 Å². The Hall–Kier alpha value is -3.59. The fourth-order valence-electron chi connectivity index (χ4n) is 3.76. The highest BCUT2D eigenvalue weighted by Crippen LogP contribution is 2.30. The minimum absolute atomic E-state index is 0.131. The summed E-state index contributed by atoms with van der Waals surface area (Å²) in [6.07, 6.45) is -0.317. The van der Waals surface area contributed by atoms with Crippen LogP contribution < -0.4 is 20.9 Å². The van der Waals surface area contributed by atoms with E-state index >= 15 is 0 Å². The Labute approximate surface area is 186 Å². The summed E-state index contributed by atoms with van der Waals surface area (Å²) in [6, 6.07) is 14.1. The number of rotatable bonds is 10. The number of hydrogen-bond donors (Lipinski definition) is 2. The minimum atomic E-state index is -0.579. The number of amides is 2. The zero-order valence-electron chi connectivity index (χ0n) is 17.9. The molecule has 1 aliphatic heterocycles. The number of nitrogens with two attached hydrogens (primary N) is 2. The molecule has 0 radical (unpaired) electrons. The molecule has 0 aromatic heterocycles. The van der Waals surface area contributed by atoms with Crippen LogP contribution in [0.5, 0.6) is 11.5 Å². The van der Waals surface area contributed by atoms with E-state index in [4.69, 9.17) is 25.7 Å². The highest BCUT2D eigenvalue weighted by atomic mass is 16.5. The maximum Gasteiger partial charge on any atom is 0.338 e. The summed E-state index contributed by atoms with van der Waals surface area (Å²) in [7, 11) is 1.51. The van der Waals surface area contributed by atoms with Gasteiger partial charge in [-0.1, -0.05) is 24.3 Å². The van der Waals surface area contributed by atoms with E-state index in [1.165, 1.54) is 7.11 Å². The van der Waals surface area contributed by atoms with Crippen molar-refractivity contribution in [3.8, 4) is 11.5 Å². The third-order valence-electron chi connectivity index (χ3n) is 5.19. The second kappa shape index (κ2) is 10.6. The first-order chi connectivity index (χ1) is 15.4. The maximum absolute atomic E-state index is 12.5. The van der Waals surface area contributed by atoms with Gasteiger partial charge in [-0.3, -0.25) is 14.5 Å². The first kappa shape index (κ1) is 23.1. The Morgan fingerprint density at radius 1 is 1.00 bits per heavy atom. The van der Waals surface area contributed by atoms with E-state index in [2.05, 4.69) is 4.90 Å². The number of hydrogen-bond acceptors (Lipinski definition) is 7. The second-order valence-electron chi connectivity index (χ2n) is 7.67. The first-order valence-electron chi connectivity index (χ1n) is 10.2. The first-order valence-corrected chi connectivity index (χ1v) is 10.2. The predicted octanol–water partition coefficient (Wildman–Crippen LogP) is 1.09. The number of primary amides is 2. The minimum Gasteiger partial charge on any atom is -0.493 e. The topological polar surface area (TPSA) is 134 Å². The predicted molar refractivity (Wildman–Crippen MR) is 116 cm³/mol. The van der Waals surface area contributed by atoms with Gasteiger partial charge in [0.25, 0.3) is 5.91 Å². The molecule has 32 heavy (non-hydrogen) atoms. The SMILES string of the molecule is COc1cc(CN2C[C@H](CC(N)=O)[C@H](OC(=O)c3ccccc3)C2)ccc1OCC(N)=O. The molecule has 170 valence electrons. The normalized spacial score (nSPS) is 18.2. The Bertz CT molecular complexity index is 965. The molecule has 0 bridgehead atoms. The monoisotopic (exact) mass is 441 g/mol. The van der Waals surface area contributed by atoms with Crippen molar-refractivity contribution < 1.29 is 28.6 Å². The van der Waals surface area contributed by atoms with E-state index in [1.807, 2.05) is 18.2 Å². The van der Waals surface area contributed by atoms with Crippen LogP contribution in [-0.2, 0) is 20.9 Å². The Kier molecular flexibility index (Phi) is 7.67. The summed E-state index contributed by atoms with van der Waals surface area (Å²) in [5, 5.41) is 0. The third kappa shape index (κ3) is 6.21. The maximum atomic E-state index is 12.5. The van der Waals surface area contributed by atoms with Crippen LogP contribution in [0, 0.1) is 5.92 Å². The lowest BCUT2D eigenvalue weighted by Crippen LogP contribution is -2.29. The van der Waals surface area contributed by atoms with Crippen molar-refractivity contribution in [2.75, 3.05) is 26.8 Å². The molecule has 9 heteroatoms. The lowest BCUT2D eigenvalue weighted by Gasteiger charge is -2.18. The largest absolute Gasteiger partial charge is 0.493 e. The van der Waals surface area contributed by atoms with Gasteiger partial charge in [0.05, 0.1) is 12.7 Å². The molecule has 0 unspecified atom stereocenters. The van der Waals surface area contributed by atoms with Crippen molar-refractivity contribution in [1.29, 1.82) is 0 Å². The molecule has 2 aromatic carbocycles. The Morgan fingerprint density at radius 2 is 1.75 bits per heavy atom. The van der Waals surface area contributed by atoms with Gasteiger partial charge in [0.2, 0.25) is 5.91 Å². The highest BCUT2D eigenvalue weighted by Gasteiger charge is 2.36. The number of nitrogens with zero attached hydrogens (tertiary/aromatic N) is 1. The van der Waals surface area contributed by atoms with E-state index in [-0.39, 0.29) is 18.9 Å². The van der Waals surface area contributed by atoms with E-state index in [0.717, 1.165) is 5.56 Å². The average Bonchev–Trinajstić information content (AvgIpc) is 3.12. The fourth-order valence-corrected chi connectivity index (χ4v) is 3.76. The molecular weight excluding hydrogens is 414 g/mol. The zero-order chi connectivity index (χ0) is 23.1. The number of carbonyl (C=O) groups excluding carboxylic acids is 3. The van der Waals surface area contributed by atoms with Gasteiger partial charge >= 0.3 is 5.97 Å². The van der Waals surface area contributed by atoms with Crippen LogP contribution in [0.4, 0.5) is 0 Å². The lowest BCUT2D eigenvalue weighted by molar-refractivity contribution is -0.120. The molecule has 4 N–H and O–H groups in total. The van der Waals surface area contributed by atoms with Crippen LogP contribution in [0.25, 0.3) is 0 Å². The molecule has 0 aliphatic carbocycles. The number of carbonyl (C=O) groups is 3. The molecule has 9 nitrogen and oxygen atoms in total. The number of likely N-dealkylation sites (tertiary alicyclic amines) is 1. The number of ether oxygens (including phenoxy) is 3. The molecule has 1 saturated heterocycles. The van der Waals surface area contributed by atoms with Crippen molar-refractivity contribution in [3.63, 3.8) is 0 Å². The molecule has 2 amide bonds. The number of methoxy groups -OCH3 is 1. The van der Waals surface area contributed by atoms with Gasteiger partial charge in [-0.05, 0) is 29.8 Å². The Morgan fingerprint density at radius 3 is 2.41 bits per heavy atom. The Balaban J connectivity index is 1.68. The molecule has 1 aliphatic rings. The van der Waals surface area contributed by atoms with Crippen LogP contribution in [0.1, 0.15) is 22.3 Å². The van der Waals surface area contributed by atoms with Gasteiger partial charge in [-0.15, -0.1) is 0 Å². The van der Waals surface area contributed by atoms with Gasteiger partial charge < -0.3 is 25.7 Å². The molecule has 0 spiro atoms. The van der Waals surface area contributed by atoms with Gasteiger partial charge in [0.15, 0.2) is 18.1 Å².